The minimum atomic E-state index is -0.244. The van der Waals surface area contributed by atoms with Crippen molar-refractivity contribution in [3.05, 3.63) is 59.3 Å². The van der Waals surface area contributed by atoms with Crippen LogP contribution in [0.15, 0.2) is 53.7 Å². The highest BCUT2D eigenvalue weighted by molar-refractivity contribution is 8.19. The number of carbonyl (C=O) groups is 2. The third kappa shape index (κ3) is 3.29. The Morgan fingerprint density at radius 1 is 1.00 bits per heavy atom. The Kier molecular flexibility index (Phi) is 4.49. The molecule has 5 heteroatoms. The van der Waals surface area contributed by atoms with Crippen molar-refractivity contribution in [1.82, 2.24) is 4.57 Å². The molecule has 0 spiro atoms. The smallest absolute Gasteiger partial charge is 0.298 e. The molecule has 128 valence electrons. The van der Waals surface area contributed by atoms with Gasteiger partial charge >= 0.3 is 0 Å². The number of anilines is 1. The molecule has 2 aromatic rings. The summed E-state index contributed by atoms with van der Waals surface area (Å²) in [4.78, 5) is 26.6. The minimum absolute atomic E-state index is 0.242. The second-order valence-electron chi connectivity index (χ2n) is 6.54. The van der Waals surface area contributed by atoms with Crippen LogP contribution in [0, 0.1) is 0 Å². The fourth-order valence-electron chi connectivity index (χ4n) is 3.54. The molecule has 1 aliphatic heterocycles. The van der Waals surface area contributed by atoms with Crippen molar-refractivity contribution in [3.8, 4) is 0 Å². The molecule has 1 saturated heterocycles. The van der Waals surface area contributed by atoms with Crippen LogP contribution in [0.25, 0.3) is 6.08 Å². The number of para-hydroxylation sites is 1. The lowest BCUT2D eigenvalue weighted by Gasteiger charge is -2.23. The molecular weight excluding hydrogens is 332 g/mol. The molecule has 1 aromatic heterocycles. The van der Waals surface area contributed by atoms with Gasteiger partial charge < -0.3 is 4.57 Å². The summed E-state index contributed by atoms with van der Waals surface area (Å²) in [5.74, 6) is -0.244. The van der Waals surface area contributed by atoms with Crippen LogP contribution < -0.4 is 4.90 Å². The summed E-state index contributed by atoms with van der Waals surface area (Å²) in [5.41, 5.74) is 1.59. The fraction of sp³-hybridized carbons (Fsp3) is 0.300. The van der Waals surface area contributed by atoms with E-state index in [0.717, 1.165) is 17.3 Å². The van der Waals surface area contributed by atoms with E-state index in [1.807, 2.05) is 30.3 Å². The van der Waals surface area contributed by atoms with Gasteiger partial charge in [0.05, 0.1) is 10.6 Å². The van der Waals surface area contributed by atoms with Gasteiger partial charge in [-0.15, -0.1) is 0 Å². The highest BCUT2D eigenvalue weighted by atomic mass is 32.2. The number of amides is 2. The number of thioether (sulfide) groups is 1. The van der Waals surface area contributed by atoms with Crippen LogP contribution in [-0.4, -0.2) is 15.7 Å². The molecule has 25 heavy (non-hydrogen) atoms. The first-order valence-corrected chi connectivity index (χ1v) is 9.54. The van der Waals surface area contributed by atoms with E-state index in [9.17, 15) is 9.59 Å². The number of nitrogens with zero attached hydrogens (tertiary/aromatic N) is 2. The summed E-state index contributed by atoms with van der Waals surface area (Å²) < 4.78 is 2.26. The minimum Gasteiger partial charge on any atom is -0.351 e. The molecule has 0 N–H and O–H groups in total. The van der Waals surface area contributed by atoms with Crippen molar-refractivity contribution in [1.29, 1.82) is 0 Å². The summed E-state index contributed by atoms with van der Waals surface area (Å²) >= 11 is 1.01. The molecule has 2 amide bonds. The Hall–Kier alpha value is -2.27. The number of aromatic nitrogens is 1. The van der Waals surface area contributed by atoms with E-state index >= 15 is 0 Å². The lowest BCUT2D eigenvalue weighted by Crippen LogP contribution is -2.27. The molecule has 0 unspecified atom stereocenters. The van der Waals surface area contributed by atoms with Crippen molar-refractivity contribution < 1.29 is 9.59 Å². The number of imide groups is 1. The third-order valence-corrected chi connectivity index (χ3v) is 5.71. The van der Waals surface area contributed by atoms with E-state index < -0.39 is 0 Å². The Labute approximate surface area is 151 Å². The zero-order valence-corrected chi connectivity index (χ0v) is 14.7. The molecular formula is C20H20N2O2S. The Bertz CT molecular complexity index is 819. The zero-order valence-electron chi connectivity index (χ0n) is 13.9. The van der Waals surface area contributed by atoms with Crippen molar-refractivity contribution in [2.24, 2.45) is 0 Å². The summed E-state index contributed by atoms with van der Waals surface area (Å²) in [5, 5.41) is -0.242. The van der Waals surface area contributed by atoms with Gasteiger partial charge in [0.1, 0.15) is 0 Å². The maximum Gasteiger partial charge on any atom is 0.298 e. The van der Waals surface area contributed by atoms with Crippen LogP contribution in [0.2, 0.25) is 0 Å². The topological polar surface area (TPSA) is 42.3 Å². The van der Waals surface area contributed by atoms with Gasteiger partial charge in [0.25, 0.3) is 11.1 Å². The van der Waals surface area contributed by atoms with Gasteiger partial charge in [-0.05, 0) is 54.4 Å². The molecule has 1 aliphatic carbocycles. The van der Waals surface area contributed by atoms with Crippen LogP contribution in [0.4, 0.5) is 10.5 Å². The zero-order chi connectivity index (χ0) is 17.2. The normalized spacial score (nSPS) is 20.6. The van der Waals surface area contributed by atoms with Crippen LogP contribution in [-0.2, 0) is 4.79 Å². The number of rotatable bonds is 3. The van der Waals surface area contributed by atoms with E-state index in [4.69, 9.17) is 0 Å². The van der Waals surface area contributed by atoms with Gasteiger partial charge in [-0.25, -0.2) is 4.90 Å². The SMILES string of the molecule is O=C1S/C(=C/c2ccn(C3CCCCC3)c2)C(=O)N1c1ccccc1. The van der Waals surface area contributed by atoms with Gasteiger partial charge in [0, 0.05) is 18.4 Å². The van der Waals surface area contributed by atoms with Gasteiger partial charge in [0.2, 0.25) is 0 Å². The third-order valence-electron chi connectivity index (χ3n) is 4.84. The molecule has 2 heterocycles. The van der Waals surface area contributed by atoms with Crippen molar-refractivity contribution in [2.45, 2.75) is 38.1 Å². The largest absolute Gasteiger partial charge is 0.351 e. The molecule has 2 aliphatic rings. The molecule has 0 atom stereocenters. The average Bonchev–Trinajstić information content (AvgIpc) is 3.22. The van der Waals surface area contributed by atoms with Gasteiger partial charge in [-0.2, -0.15) is 0 Å². The molecule has 2 fully saturated rings. The lowest BCUT2D eigenvalue weighted by molar-refractivity contribution is -0.113. The van der Waals surface area contributed by atoms with Gasteiger partial charge in [0.15, 0.2) is 0 Å². The van der Waals surface area contributed by atoms with Gasteiger partial charge in [-0.3, -0.25) is 9.59 Å². The average molecular weight is 352 g/mol. The first kappa shape index (κ1) is 16.2. The number of carbonyl (C=O) groups excluding carboxylic acids is 2. The van der Waals surface area contributed by atoms with Crippen molar-refractivity contribution in [3.63, 3.8) is 0 Å². The summed E-state index contributed by atoms with van der Waals surface area (Å²) in [7, 11) is 0. The van der Waals surface area contributed by atoms with Crippen LogP contribution in [0.3, 0.4) is 0 Å². The highest BCUT2D eigenvalue weighted by Gasteiger charge is 2.36. The second kappa shape index (κ2) is 6.92. The standard InChI is InChI=1S/C20H20N2O2S/c23-19-18(25-20(24)22(19)17-9-5-2-6-10-17)13-15-11-12-21(14-15)16-7-3-1-4-8-16/h2,5-6,9-14,16H,1,3-4,7-8H2/b18-13+. The highest BCUT2D eigenvalue weighted by Crippen LogP contribution is 2.36. The Morgan fingerprint density at radius 3 is 2.52 bits per heavy atom. The van der Waals surface area contributed by atoms with Crippen LogP contribution in [0.1, 0.15) is 43.7 Å². The van der Waals surface area contributed by atoms with Crippen LogP contribution in [0.5, 0.6) is 0 Å². The Morgan fingerprint density at radius 2 is 1.76 bits per heavy atom. The van der Waals surface area contributed by atoms with Crippen molar-refractivity contribution >= 4 is 34.7 Å². The number of hydrogen-bond acceptors (Lipinski definition) is 3. The summed E-state index contributed by atoms with van der Waals surface area (Å²) in [6.07, 6.45) is 12.3. The van der Waals surface area contributed by atoms with E-state index in [1.54, 1.807) is 12.1 Å². The lowest BCUT2D eigenvalue weighted by atomic mass is 9.95. The first-order valence-electron chi connectivity index (χ1n) is 8.73. The van der Waals surface area contributed by atoms with E-state index in [1.165, 1.54) is 37.0 Å². The number of hydrogen-bond donors (Lipinski definition) is 0. The predicted octanol–water partition coefficient (Wildman–Crippen LogP) is 5.23. The molecule has 1 saturated carbocycles. The van der Waals surface area contributed by atoms with Gasteiger partial charge in [-0.1, -0.05) is 37.5 Å². The molecule has 1 aromatic carbocycles. The monoisotopic (exact) mass is 352 g/mol. The second-order valence-corrected chi connectivity index (χ2v) is 7.53. The summed E-state index contributed by atoms with van der Waals surface area (Å²) in [6.45, 7) is 0. The summed E-state index contributed by atoms with van der Waals surface area (Å²) in [6, 6.07) is 11.7. The van der Waals surface area contributed by atoms with Crippen LogP contribution >= 0.6 is 11.8 Å². The molecule has 4 nitrogen and oxygen atoms in total. The predicted molar refractivity (Wildman–Crippen MR) is 101 cm³/mol. The molecule has 0 bridgehead atoms. The fourth-order valence-corrected chi connectivity index (χ4v) is 4.38. The van der Waals surface area contributed by atoms with E-state index in [-0.39, 0.29) is 11.1 Å². The number of benzene rings is 1. The molecule has 0 radical (unpaired) electrons. The Balaban J connectivity index is 1.55. The molecule has 4 rings (SSSR count). The quantitative estimate of drug-likeness (QED) is 0.710. The maximum absolute atomic E-state index is 12.6. The van der Waals surface area contributed by atoms with E-state index in [2.05, 4.69) is 17.0 Å². The maximum atomic E-state index is 12.6. The first-order chi connectivity index (χ1) is 12.2. The van der Waals surface area contributed by atoms with Crippen molar-refractivity contribution in [2.75, 3.05) is 4.90 Å². The van der Waals surface area contributed by atoms with E-state index in [0.29, 0.717) is 16.6 Å².